The standard InChI is InChI=1S/C6H12O2/c1-5-6(7-2)3-4-8-5/h5-6H,3-4H2,1-2H3/t5-,6+/m0/s1. The van der Waals surface area contributed by atoms with Crippen LogP contribution in [0.4, 0.5) is 0 Å². The summed E-state index contributed by atoms with van der Waals surface area (Å²) in [5.41, 5.74) is 0. The molecule has 0 unspecified atom stereocenters. The van der Waals surface area contributed by atoms with Crippen molar-refractivity contribution in [3.05, 3.63) is 0 Å². The minimum absolute atomic E-state index is 0.306. The number of rotatable bonds is 1. The monoisotopic (exact) mass is 116 g/mol. The first kappa shape index (κ1) is 6.05. The molecule has 0 aliphatic carbocycles. The number of methoxy groups -OCH3 is 1. The van der Waals surface area contributed by atoms with Crippen molar-refractivity contribution in [2.24, 2.45) is 0 Å². The second-order valence-electron chi connectivity index (χ2n) is 2.14. The van der Waals surface area contributed by atoms with E-state index in [1.165, 1.54) is 0 Å². The zero-order valence-electron chi connectivity index (χ0n) is 5.39. The van der Waals surface area contributed by atoms with E-state index in [4.69, 9.17) is 9.47 Å². The van der Waals surface area contributed by atoms with Crippen LogP contribution >= 0.6 is 0 Å². The van der Waals surface area contributed by atoms with Gasteiger partial charge < -0.3 is 9.47 Å². The van der Waals surface area contributed by atoms with Gasteiger partial charge in [0.15, 0.2) is 0 Å². The van der Waals surface area contributed by atoms with Gasteiger partial charge in [0.2, 0.25) is 0 Å². The van der Waals surface area contributed by atoms with Crippen LogP contribution in [-0.4, -0.2) is 25.9 Å². The van der Waals surface area contributed by atoms with Crippen molar-refractivity contribution in [1.82, 2.24) is 0 Å². The average Bonchev–Trinajstić information content (AvgIpc) is 2.14. The summed E-state index contributed by atoms with van der Waals surface area (Å²) in [7, 11) is 1.73. The molecule has 2 heteroatoms. The Morgan fingerprint density at radius 3 is 2.62 bits per heavy atom. The molecule has 48 valence electrons. The Balaban J connectivity index is 2.30. The van der Waals surface area contributed by atoms with Crippen LogP contribution in [0.15, 0.2) is 0 Å². The van der Waals surface area contributed by atoms with Crippen molar-refractivity contribution >= 4 is 0 Å². The molecule has 0 aromatic heterocycles. The third-order valence-electron chi connectivity index (χ3n) is 1.61. The Hall–Kier alpha value is -0.0800. The van der Waals surface area contributed by atoms with E-state index < -0.39 is 0 Å². The van der Waals surface area contributed by atoms with Gasteiger partial charge in [0.1, 0.15) is 0 Å². The Morgan fingerprint density at radius 1 is 1.62 bits per heavy atom. The maximum absolute atomic E-state index is 5.23. The lowest BCUT2D eigenvalue weighted by Crippen LogP contribution is -2.18. The van der Waals surface area contributed by atoms with Crippen molar-refractivity contribution < 1.29 is 9.47 Å². The van der Waals surface area contributed by atoms with E-state index in [2.05, 4.69) is 0 Å². The predicted molar refractivity (Wildman–Crippen MR) is 30.8 cm³/mol. The minimum atomic E-state index is 0.306. The van der Waals surface area contributed by atoms with Gasteiger partial charge in [-0.1, -0.05) is 0 Å². The number of hydrogen-bond donors (Lipinski definition) is 0. The van der Waals surface area contributed by atoms with E-state index in [9.17, 15) is 0 Å². The first-order valence-corrected chi connectivity index (χ1v) is 2.99. The molecule has 0 radical (unpaired) electrons. The lowest BCUT2D eigenvalue weighted by Gasteiger charge is -2.10. The SMILES string of the molecule is CO[C@@H]1CCO[C@H]1C. The fourth-order valence-corrected chi connectivity index (χ4v) is 1.02. The Morgan fingerprint density at radius 2 is 2.38 bits per heavy atom. The van der Waals surface area contributed by atoms with Crippen LogP contribution in [0.25, 0.3) is 0 Å². The van der Waals surface area contributed by atoms with Crippen LogP contribution in [0.3, 0.4) is 0 Å². The van der Waals surface area contributed by atoms with Gasteiger partial charge in [0.25, 0.3) is 0 Å². The van der Waals surface area contributed by atoms with Crippen molar-refractivity contribution in [1.29, 1.82) is 0 Å². The molecule has 0 aromatic carbocycles. The van der Waals surface area contributed by atoms with Gasteiger partial charge in [-0.3, -0.25) is 0 Å². The summed E-state index contributed by atoms with van der Waals surface area (Å²) in [6.07, 6.45) is 1.70. The van der Waals surface area contributed by atoms with E-state index in [-0.39, 0.29) is 0 Å². The molecule has 1 aliphatic rings. The number of ether oxygens (including phenoxy) is 2. The molecular weight excluding hydrogens is 104 g/mol. The van der Waals surface area contributed by atoms with Gasteiger partial charge in [0.05, 0.1) is 12.2 Å². The van der Waals surface area contributed by atoms with E-state index in [0.717, 1.165) is 13.0 Å². The minimum Gasteiger partial charge on any atom is -0.379 e. The second kappa shape index (κ2) is 2.46. The van der Waals surface area contributed by atoms with Gasteiger partial charge in [-0.2, -0.15) is 0 Å². The zero-order chi connectivity index (χ0) is 5.98. The van der Waals surface area contributed by atoms with Gasteiger partial charge in [0, 0.05) is 13.7 Å². The maximum Gasteiger partial charge on any atom is 0.0852 e. The van der Waals surface area contributed by atoms with Gasteiger partial charge >= 0.3 is 0 Å². The van der Waals surface area contributed by atoms with E-state index >= 15 is 0 Å². The Labute approximate surface area is 49.8 Å². The maximum atomic E-state index is 5.23. The zero-order valence-corrected chi connectivity index (χ0v) is 5.39. The first-order chi connectivity index (χ1) is 3.84. The molecule has 1 fully saturated rings. The van der Waals surface area contributed by atoms with Crippen molar-refractivity contribution in [3.8, 4) is 0 Å². The summed E-state index contributed by atoms with van der Waals surface area (Å²) in [6, 6.07) is 0. The van der Waals surface area contributed by atoms with Crippen LogP contribution in [0.5, 0.6) is 0 Å². The van der Waals surface area contributed by atoms with E-state index in [1.807, 2.05) is 6.92 Å². The van der Waals surface area contributed by atoms with Crippen LogP contribution in [-0.2, 0) is 9.47 Å². The van der Waals surface area contributed by atoms with Crippen molar-refractivity contribution in [2.75, 3.05) is 13.7 Å². The fourth-order valence-electron chi connectivity index (χ4n) is 1.02. The smallest absolute Gasteiger partial charge is 0.0852 e. The third-order valence-corrected chi connectivity index (χ3v) is 1.61. The molecule has 1 aliphatic heterocycles. The van der Waals surface area contributed by atoms with E-state index in [1.54, 1.807) is 7.11 Å². The lowest BCUT2D eigenvalue weighted by atomic mass is 10.2. The molecular formula is C6H12O2. The predicted octanol–water partition coefficient (Wildman–Crippen LogP) is 0.810. The first-order valence-electron chi connectivity index (χ1n) is 2.99. The summed E-state index contributed by atoms with van der Waals surface area (Å²) >= 11 is 0. The average molecular weight is 116 g/mol. The summed E-state index contributed by atoms with van der Waals surface area (Å²) in [6.45, 7) is 2.90. The van der Waals surface area contributed by atoms with Crippen LogP contribution in [0, 0.1) is 0 Å². The van der Waals surface area contributed by atoms with Crippen LogP contribution < -0.4 is 0 Å². The summed E-state index contributed by atoms with van der Waals surface area (Å²) < 4.78 is 10.3. The summed E-state index contributed by atoms with van der Waals surface area (Å²) in [4.78, 5) is 0. The number of hydrogen-bond acceptors (Lipinski definition) is 2. The molecule has 2 nitrogen and oxygen atoms in total. The molecule has 2 atom stereocenters. The molecule has 1 saturated heterocycles. The molecule has 0 N–H and O–H groups in total. The third kappa shape index (κ3) is 1.01. The van der Waals surface area contributed by atoms with Gasteiger partial charge in [-0.15, -0.1) is 0 Å². The quantitative estimate of drug-likeness (QED) is 0.504. The Bertz CT molecular complexity index is 72.9. The topological polar surface area (TPSA) is 18.5 Å². The molecule has 1 heterocycles. The summed E-state index contributed by atoms with van der Waals surface area (Å²) in [5, 5.41) is 0. The molecule has 1 rings (SSSR count). The van der Waals surface area contributed by atoms with E-state index in [0.29, 0.717) is 12.2 Å². The highest BCUT2D eigenvalue weighted by atomic mass is 16.5. The Kier molecular flexibility index (Phi) is 1.86. The molecule has 0 saturated carbocycles. The normalized spacial score (nSPS) is 38.2. The van der Waals surface area contributed by atoms with Crippen LogP contribution in [0.2, 0.25) is 0 Å². The summed E-state index contributed by atoms with van der Waals surface area (Å²) in [5.74, 6) is 0. The molecule has 0 spiro atoms. The highest BCUT2D eigenvalue weighted by Gasteiger charge is 2.22. The van der Waals surface area contributed by atoms with Gasteiger partial charge in [-0.25, -0.2) is 0 Å². The molecule has 0 aromatic rings. The lowest BCUT2D eigenvalue weighted by molar-refractivity contribution is 0.0270. The largest absolute Gasteiger partial charge is 0.379 e. The highest BCUT2D eigenvalue weighted by molar-refractivity contribution is 4.71. The van der Waals surface area contributed by atoms with Gasteiger partial charge in [-0.05, 0) is 13.3 Å². The second-order valence-corrected chi connectivity index (χ2v) is 2.14. The molecule has 0 amide bonds. The molecule has 0 bridgehead atoms. The van der Waals surface area contributed by atoms with Crippen molar-refractivity contribution in [2.45, 2.75) is 25.6 Å². The van der Waals surface area contributed by atoms with Crippen molar-refractivity contribution in [3.63, 3.8) is 0 Å². The highest BCUT2D eigenvalue weighted by Crippen LogP contribution is 2.14. The fraction of sp³-hybridized carbons (Fsp3) is 1.00. The molecule has 8 heavy (non-hydrogen) atoms. The van der Waals surface area contributed by atoms with Crippen LogP contribution in [0.1, 0.15) is 13.3 Å².